The van der Waals surface area contributed by atoms with Crippen molar-refractivity contribution in [2.45, 2.75) is 30.6 Å². The second kappa shape index (κ2) is 5.98. The fourth-order valence-corrected chi connectivity index (χ4v) is 4.10. The monoisotopic (exact) mass is 313 g/mol. The van der Waals surface area contributed by atoms with Crippen molar-refractivity contribution in [3.05, 3.63) is 28.3 Å². The summed E-state index contributed by atoms with van der Waals surface area (Å²) in [5.74, 6) is 0.331. The van der Waals surface area contributed by atoms with Crippen LogP contribution in [0.25, 0.3) is 0 Å². The van der Waals surface area contributed by atoms with Gasteiger partial charge in [-0.2, -0.15) is 0 Å². The first-order valence-electron chi connectivity index (χ1n) is 6.82. The number of hydrogen-bond acceptors (Lipinski definition) is 5. The number of sulfonamides is 1. The summed E-state index contributed by atoms with van der Waals surface area (Å²) in [7, 11) is -2.42. The van der Waals surface area contributed by atoms with Crippen LogP contribution in [0.5, 0.6) is 0 Å². The molecule has 1 aromatic carbocycles. The van der Waals surface area contributed by atoms with Crippen LogP contribution in [0.4, 0.5) is 11.4 Å². The lowest BCUT2D eigenvalue weighted by Gasteiger charge is -2.20. The third kappa shape index (κ3) is 3.33. The molecule has 0 atom stereocenters. The Morgan fingerprint density at radius 1 is 1.38 bits per heavy atom. The number of hydrogen-bond donors (Lipinski definition) is 1. The molecule has 8 heteroatoms. The van der Waals surface area contributed by atoms with Crippen molar-refractivity contribution < 1.29 is 13.3 Å². The topological polar surface area (TPSA) is 107 Å². The van der Waals surface area contributed by atoms with E-state index in [-0.39, 0.29) is 10.6 Å². The van der Waals surface area contributed by atoms with Crippen LogP contribution < -0.4 is 5.73 Å². The number of benzene rings is 1. The lowest BCUT2D eigenvalue weighted by Crippen LogP contribution is -2.31. The van der Waals surface area contributed by atoms with Gasteiger partial charge in [0, 0.05) is 25.3 Å². The summed E-state index contributed by atoms with van der Waals surface area (Å²) in [4.78, 5) is 10.0. The number of nitro benzene ring substituents is 1. The van der Waals surface area contributed by atoms with Crippen molar-refractivity contribution >= 4 is 21.4 Å². The molecule has 2 rings (SSSR count). The number of nitro groups is 1. The molecular formula is C13H19N3O4S. The molecule has 0 saturated heterocycles. The normalized spacial score (nSPS) is 16.5. The molecule has 1 fully saturated rings. The van der Waals surface area contributed by atoms with Crippen molar-refractivity contribution in [3.63, 3.8) is 0 Å². The second-order valence-electron chi connectivity index (χ2n) is 5.42. The highest BCUT2D eigenvalue weighted by molar-refractivity contribution is 7.89. The van der Waals surface area contributed by atoms with Crippen molar-refractivity contribution in [1.29, 1.82) is 0 Å². The zero-order valence-corrected chi connectivity index (χ0v) is 12.7. The molecule has 0 spiro atoms. The molecule has 1 saturated carbocycles. The highest BCUT2D eigenvalue weighted by atomic mass is 32.2. The fraction of sp³-hybridized carbons (Fsp3) is 0.538. The molecule has 0 radical (unpaired) electrons. The third-order valence-electron chi connectivity index (χ3n) is 3.86. The molecule has 1 aliphatic rings. The highest BCUT2D eigenvalue weighted by Crippen LogP contribution is 2.31. The van der Waals surface area contributed by atoms with Gasteiger partial charge in [0.15, 0.2) is 4.90 Å². The predicted octanol–water partition coefficient (Wildman–Crippen LogP) is 1.99. The summed E-state index contributed by atoms with van der Waals surface area (Å²) >= 11 is 0. The first kappa shape index (κ1) is 15.7. The zero-order valence-electron chi connectivity index (χ0n) is 11.9. The van der Waals surface area contributed by atoms with Crippen LogP contribution in [-0.2, 0) is 10.0 Å². The van der Waals surface area contributed by atoms with Crippen LogP contribution >= 0.6 is 0 Å². The molecule has 1 aromatic rings. The minimum Gasteiger partial charge on any atom is -0.399 e. The standard InChI is InChI=1S/C13H19N3O4S/c1-15(9-10-4-2-3-5-10)21(19,20)13-7-6-11(14)8-12(13)16(17)18/h6-8,10H,2-5,9,14H2,1H3. The Morgan fingerprint density at radius 3 is 2.57 bits per heavy atom. The van der Waals surface area contributed by atoms with E-state index < -0.39 is 20.6 Å². The van der Waals surface area contributed by atoms with Gasteiger partial charge in [0.25, 0.3) is 5.69 Å². The van der Waals surface area contributed by atoms with E-state index in [0.717, 1.165) is 31.7 Å². The fourth-order valence-electron chi connectivity index (χ4n) is 2.72. The van der Waals surface area contributed by atoms with Crippen molar-refractivity contribution in [2.75, 3.05) is 19.3 Å². The minimum atomic E-state index is -3.88. The Labute approximate surface area is 123 Å². The lowest BCUT2D eigenvalue weighted by atomic mass is 10.1. The molecule has 116 valence electrons. The maximum Gasteiger partial charge on any atom is 0.291 e. The van der Waals surface area contributed by atoms with Crippen LogP contribution in [0.15, 0.2) is 23.1 Å². The van der Waals surface area contributed by atoms with Crippen molar-refractivity contribution in [3.8, 4) is 0 Å². The van der Waals surface area contributed by atoms with E-state index in [1.807, 2.05) is 0 Å². The van der Waals surface area contributed by atoms with Crippen LogP contribution in [-0.4, -0.2) is 31.2 Å². The van der Waals surface area contributed by atoms with Gasteiger partial charge in [0.05, 0.1) is 4.92 Å². The van der Waals surface area contributed by atoms with Gasteiger partial charge in [-0.25, -0.2) is 12.7 Å². The minimum absolute atomic E-state index is 0.166. The average molecular weight is 313 g/mol. The quantitative estimate of drug-likeness (QED) is 0.508. The Hall–Kier alpha value is -1.67. The van der Waals surface area contributed by atoms with Gasteiger partial charge >= 0.3 is 0 Å². The number of rotatable bonds is 5. The van der Waals surface area contributed by atoms with E-state index in [9.17, 15) is 18.5 Å². The van der Waals surface area contributed by atoms with Gasteiger partial charge in [-0.15, -0.1) is 0 Å². The van der Waals surface area contributed by atoms with E-state index in [0.29, 0.717) is 12.5 Å². The van der Waals surface area contributed by atoms with Gasteiger partial charge in [-0.05, 0) is 30.9 Å². The molecular weight excluding hydrogens is 294 g/mol. The first-order valence-corrected chi connectivity index (χ1v) is 8.26. The van der Waals surface area contributed by atoms with E-state index in [1.165, 1.54) is 23.5 Å². The van der Waals surface area contributed by atoms with Crippen molar-refractivity contribution in [2.24, 2.45) is 5.92 Å². The second-order valence-corrected chi connectivity index (χ2v) is 7.43. The molecule has 1 aliphatic carbocycles. The Kier molecular flexibility index (Phi) is 4.48. The van der Waals surface area contributed by atoms with E-state index in [1.54, 1.807) is 0 Å². The number of nitrogens with zero attached hydrogens (tertiary/aromatic N) is 2. The summed E-state index contributed by atoms with van der Waals surface area (Å²) in [5, 5.41) is 11.1. The molecule has 7 nitrogen and oxygen atoms in total. The van der Waals surface area contributed by atoms with Crippen molar-refractivity contribution in [1.82, 2.24) is 4.31 Å². The third-order valence-corrected chi connectivity index (χ3v) is 5.73. The van der Waals surface area contributed by atoms with E-state index in [4.69, 9.17) is 5.73 Å². The Bertz CT molecular complexity index is 639. The molecule has 0 amide bonds. The van der Waals surface area contributed by atoms with Crippen LogP contribution in [0.2, 0.25) is 0 Å². The lowest BCUT2D eigenvalue weighted by molar-refractivity contribution is -0.387. The molecule has 2 N–H and O–H groups in total. The summed E-state index contributed by atoms with van der Waals surface area (Å²) in [6.45, 7) is 0.393. The maximum atomic E-state index is 12.5. The van der Waals surface area contributed by atoms with Crippen LogP contribution in [0, 0.1) is 16.0 Å². The van der Waals surface area contributed by atoms with E-state index in [2.05, 4.69) is 0 Å². The summed E-state index contributed by atoms with van der Waals surface area (Å²) in [6.07, 6.45) is 4.23. The largest absolute Gasteiger partial charge is 0.399 e. The maximum absolute atomic E-state index is 12.5. The summed E-state index contributed by atoms with van der Waals surface area (Å²) < 4.78 is 26.3. The van der Waals surface area contributed by atoms with Gasteiger partial charge in [-0.1, -0.05) is 12.8 Å². The molecule has 0 aliphatic heterocycles. The molecule has 0 unspecified atom stereocenters. The number of anilines is 1. The molecule has 21 heavy (non-hydrogen) atoms. The summed E-state index contributed by atoms with van der Waals surface area (Å²) in [6, 6.07) is 3.65. The smallest absolute Gasteiger partial charge is 0.291 e. The SMILES string of the molecule is CN(CC1CCCC1)S(=O)(=O)c1ccc(N)cc1[N+](=O)[O-]. The summed E-state index contributed by atoms with van der Waals surface area (Å²) in [5.41, 5.74) is 5.19. The Balaban J connectivity index is 2.32. The first-order chi connectivity index (χ1) is 9.82. The Morgan fingerprint density at radius 2 is 2.00 bits per heavy atom. The predicted molar refractivity (Wildman–Crippen MR) is 79.3 cm³/mol. The average Bonchev–Trinajstić information content (AvgIpc) is 2.91. The number of nitrogens with two attached hydrogens (primary N) is 1. The van der Waals surface area contributed by atoms with Gasteiger partial charge in [0.2, 0.25) is 10.0 Å². The molecule has 0 bridgehead atoms. The number of nitrogen functional groups attached to an aromatic ring is 1. The van der Waals surface area contributed by atoms with E-state index >= 15 is 0 Å². The van der Waals surface area contributed by atoms with Gasteiger partial charge in [0.1, 0.15) is 0 Å². The van der Waals surface area contributed by atoms with Crippen LogP contribution in [0.1, 0.15) is 25.7 Å². The molecule has 0 heterocycles. The highest BCUT2D eigenvalue weighted by Gasteiger charge is 2.31. The van der Waals surface area contributed by atoms with Gasteiger partial charge in [-0.3, -0.25) is 10.1 Å². The van der Waals surface area contributed by atoms with Crippen LogP contribution in [0.3, 0.4) is 0 Å². The molecule has 0 aromatic heterocycles. The zero-order chi connectivity index (χ0) is 15.6. The van der Waals surface area contributed by atoms with Gasteiger partial charge < -0.3 is 5.73 Å².